The van der Waals surface area contributed by atoms with Crippen LogP contribution in [0.4, 0.5) is 10.5 Å². The molecular formula is C27H33N3O4S. The molecule has 8 heteroatoms. The molecule has 0 bridgehead atoms. The van der Waals surface area contributed by atoms with Gasteiger partial charge in [-0.05, 0) is 61.8 Å². The van der Waals surface area contributed by atoms with Crippen LogP contribution in [-0.2, 0) is 14.6 Å². The van der Waals surface area contributed by atoms with Crippen LogP contribution < -0.4 is 5.32 Å². The lowest BCUT2D eigenvalue weighted by molar-refractivity contribution is -0.127. The van der Waals surface area contributed by atoms with E-state index in [1.54, 1.807) is 4.90 Å². The summed E-state index contributed by atoms with van der Waals surface area (Å²) < 4.78 is 24.9. The average molecular weight is 496 g/mol. The predicted molar refractivity (Wildman–Crippen MR) is 139 cm³/mol. The van der Waals surface area contributed by atoms with Gasteiger partial charge in [0.25, 0.3) is 0 Å². The normalized spacial score (nSPS) is 17.8. The number of piperidine rings is 1. The fraction of sp³-hybridized carbons (Fsp3) is 0.407. The second-order valence-electron chi connectivity index (χ2n) is 9.82. The summed E-state index contributed by atoms with van der Waals surface area (Å²) in [5, 5.41) is 4.14. The van der Waals surface area contributed by atoms with Crippen LogP contribution in [0.25, 0.3) is 6.08 Å². The Morgan fingerprint density at radius 2 is 1.63 bits per heavy atom. The highest BCUT2D eigenvalue weighted by atomic mass is 32.2. The number of nitrogens with one attached hydrogen (secondary N) is 1. The summed E-state index contributed by atoms with van der Waals surface area (Å²) in [4.78, 5) is 29.1. The highest BCUT2D eigenvalue weighted by Crippen LogP contribution is 2.40. The van der Waals surface area contributed by atoms with Crippen LogP contribution in [0.5, 0.6) is 0 Å². The van der Waals surface area contributed by atoms with Crippen LogP contribution in [0, 0.1) is 19.3 Å². The molecule has 0 aliphatic carbocycles. The van der Waals surface area contributed by atoms with Crippen molar-refractivity contribution < 1.29 is 18.0 Å². The number of urea groups is 1. The van der Waals surface area contributed by atoms with Gasteiger partial charge < -0.3 is 15.1 Å². The minimum absolute atomic E-state index is 0.0458. The van der Waals surface area contributed by atoms with E-state index in [1.807, 2.05) is 67.3 Å². The standard InChI is InChI=1S/C27H33N3O4S/c1-21-8-9-24(22(2)18-21)28-26(32)29-14-11-27(12-15-29)13-16-30(20-27)25(31)19-35(33,34)17-10-23-6-4-3-5-7-23/h3-10,17-18H,11-16,19-20H2,1-2H3,(H,28,32). The van der Waals surface area contributed by atoms with Crippen LogP contribution in [0.15, 0.2) is 53.9 Å². The molecule has 2 fully saturated rings. The molecule has 2 aliphatic rings. The molecule has 7 nitrogen and oxygen atoms in total. The zero-order chi connectivity index (χ0) is 25.1. The molecule has 2 heterocycles. The molecule has 1 spiro atoms. The number of hydrogen-bond acceptors (Lipinski definition) is 4. The summed E-state index contributed by atoms with van der Waals surface area (Å²) in [5.74, 6) is -0.869. The van der Waals surface area contributed by atoms with Gasteiger partial charge in [-0.15, -0.1) is 0 Å². The van der Waals surface area contributed by atoms with Gasteiger partial charge in [-0.25, -0.2) is 13.2 Å². The molecule has 2 aromatic rings. The van der Waals surface area contributed by atoms with Crippen molar-refractivity contribution in [1.29, 1.82) is 0 Å². The Labute approximate surface area is 207 Å². The number of hydrogen-bond donors (Lipinski definition) is 1. The SMILES string of the molecule is Cc1ccc(NC(=O)N2CCC3(CCN(C(=O)CS(=O)(=O)C=Cc4ccccc4)C3)CC2)c(C)c1. The van der Waals surface area contributed by atoms with E-state index in [2.05, 4.69) is 5.32 Å². The summed E-state index contributed by atoms with van der Waals surface area (Å²) >= 11 is 0. The second kappa shape index (κ2) is 10.2. The number of sulfone groups is 1. The van der Waals surface area contributed by atoms with E-state index in [1.165, 1.54) is 6.08 Å². The number of rotatable bonds is 5. The van der Waals surface area contributed by atoms with Crippen molar-refractivity contribution >= 4 is 33.5 Å². The van der Waals surface area contributed by atoms with Crippen LogP contribution in [0.1, 0.15) is 36.0 Å². The van der Waals surface area contributed by atoms with Crippen molar-refractivity contribution in [2.45, 2.75) is 33.1 Å². The summed E-state index contributed by atoms with van der Waals surface area (Å²) in [6, 6.07) is 15.0. The maximum Gasteiger partial charge on any atom is 0.321 e. The largest absolute Gasteiger partial charge is 0.341 e. The van der Waals surface area contributed by atoms with E-state index >= 15 is 0 Å². The third-order valence-electron chi connectivity index (χ3n) is 7.12. The lowest BCUT2D eigenvalue weighted by Crippen LogP contribution is -2.46. The summed E-state index contributed by atoms with van der Waals surface area (Å²) in [6.07, 6.45) is 3.97. The van der Waals surface area contributed by atoms with Crippen molar-refractivity contribution in [3.05, 3.63) is 70.6 Å². The number of amides is 3. The Kier molecular flexibility index (Phi) is 7.31. The minimum Gasteiger partial charge on any atom is -0.341 e. The number of anilines is 1. The highest BCUT2D eigenvalue weighted by molar-refractivity contribution is 7.95. The van der Waals surface area contributed by atoms with Crippen LogP contribution in [0.2, 0.25) is 0 Å². The van der Waals surface area contributed by atoms with Crippen LogP contribution in [0.3, 0.4) is 0 Å². The molecule has 1 N–H and O–H groups in total. The van der Waals surface area contributed by atoms with E-state index in [-0.39, 0.29) is 17.4 Å². The van der Waals surface area contributed by atoms with E-state index in [9.17, 15) is 18.0 Å². The monoisotopic (exact) mass is 495 g/mol. The number of benzene rings is 2. The van der Waals surface area contributed by atoms with Gasteiger partial charge in [-0.1, -0.05) is 48.0 Å². The summed E-state index contributed by atoms with van der Waals surface area (Å²) in [5.41, 5.74) is 3.74. The first-order valence-electron chi connectivity index (χ1n) is 12.0. The second-order valence-corrected chi connectivity index (χ2v) is 11.7. The first-order chi connectivity index (χ1) is 16.6. The maximum atomic E-state index is 12.8. The number of aryl methyl sites for hydroxylation is 2. The van der Waals surface area contributed by atoms with Gasteiger partial charge in [0.1, 0.15) is 5.75 Å². The maximum absolute atomic E-state index is 12.8. The Hall–Kier alpha value is -3.13. The van der Waals surface area contributed by atoms with Gasteiger partial charge in [-0.3, -0.25) is 4.79 Å². The van der Waals surface area contributed by atoms with Gasteiger partial charge in [0.15, 0.2) is 9.84 Å². The Bertz CT molecular complexity index is 1220. The molecule has 3 amide bonds. The van der Waals surface area contributed by atoms with Gasteiger partial charge >= 0.3 is 6.03 Å². The van der Waals surface area contributed by atoms with E-state index in [4.69, 9.17) is 0 Å². The lowest BCUT2D eigenvalue weighted by atomic mass is 9.78. The topological polar surface area (TPSA) is 86.8 Å². The Morgan fingerprint density at radius 3 is 2.29 bits per heavy atom. The average Bonchev–Trinajstić information content (AvgIpc) is 3.24. The first-order valence-corrected chi connectivity index (χ1v) is 13.7. The van der Waals surface area contributed by atoms with E-state index in [0.29, 0.717) is 26.2 Å². The molecule has 2 saturated heterocycles. The number of likely N-dealkylation sites (tertiary alicyclic amines) is 2. The quantitative estimate of drug-likeness (QED) is 0.672. The number of carbonyl (C=O) groups excluding carboxylic acids is 2. The van der Waals surface area contributed by atoms with Crippen molar-refractivity contribution in [1.82, 2.24) is 9.80 Å². The van der Waals surface area contributed by atoms with Crippen LogP contribution >= 0.6 is 0 Å². The third kappa shape index (κ3) is 6.31. The molecule has 186 valence electrons. The lowest BCUT2D eigenvalue weighted by Gasteiger charge is -2.39. The van der Waals surface area contributed by atoms with Crippen molar-refractivity contribution in [2.24, 2.45) is 5.41 Å². The van der Waals surface area contributed by atoms with E-state index in [0.717, 1.165) is 47.0 Å². The fourth-order valence-corrected chi connectivity index (χ4v) is 5.93. The third-order valence-corrected chi connectivity index (χ3v) is 8.32. The van der Waals surface area contributed by atoms with Gasteiger partial charge in [0.2, 0.25) is 5.91 Å². The molecule has 4 rings (SSSR count). The van der Waals surface area contributed by atoms with Gasteiger partial charge in [-0.2, -0.15) is 0 Å². The van der Waals surface area contributed by atoms with Gasteiger partial charge in [0.05, 0.1) is 0 Å². The molecule has 0 saturated carbocycles. The van der Waals surface area contributed by atoms with Crippen LogP contribution in [-0.4, -0.2) is 62.1 Å². The first kappa shape index (κ1) is 25.0. The molecule has 0 unspecified atom stereocenters. The Balaban J connectivity index is 1.28. The van der Waals surface area contributed by atoms with Gasteiger partial charge in [0, 0.05) is 37.3 Å². The molecule has 0 radical (unpaired) electrons. The number of nitrogens with zero attached hydrogens (tertiary/aromatic N) is 2. The smallest absolute Gasteiger partial charge is 0.321 e. The molecule has 0 aromatic heterocycles. The van der Waals surface area contributed by atoms with Crippen molar-refractivity contribution in [2.75, 3.05) is 37.2 Å². The fourth-order valence-electron chi connectivity index (χ4n) is 4.95. The summed E-state index contributed by atoms with van der Waals surface area (Å²) in [6.45, 7) is 6.36. The molecule has 35 heavy (non-hydrogen) atoms. The molecule has 0 atom stereocenters. The summed E-state index contributed by atoms with van der Waals surface area (Å²) in [7, 11) is -3.65. The van der Waals surface area contributed by atoms with E-state index < -0.39 is 15.6 Å². The minimum atomic E-state index is -3.65. The predicted octanol–water partition coefficient (Wildman–Crippen LogP) is 4.24. The Morgan fingerprint density at radius 1 is 0.971 bits per heavy atom. The molecule has 2 aliphatic heterocycles. The number of carbonyl (C=O) groups is 2. The van der Waals surface area contributed by atoms with Crippen molar-refractivity contribution in [3.63, 3.8) is 0 Å². The molecular weight excluding hydrogens is 462 g/mol. The van der Waals surface area contributed by atoms with Crippen molar-refractivity contribution in [3.8, 4) is 0 Å². The highest BCUT2D eigenvalue weighted by Gasteiger charge is 2.43. The zero-order valence-electron chi connectivity index (χ0n) is 20.4. The zero-order valence-corrected chi connectivity index (χ0v) is 21.2. The molecule has 2 aromatic carbocycles.